The molecule has 0 radical (unpaired) electrons. The van der Waals surface area contributed by atoms with Crippen molar-refractivity contribution in [1.29, 1.82) is 0 Å². The molecule has 1 saturated carbocycles. The van der Waals surface area contributed by atoms with Gasteiger partial charge < -0.3 is 4.74 Å². The van der Waals surface area contributed by atoms with Crippen LogP contribution in [-0.2, 0) is 0 Å². The molecule has 1 aliphatic carbocycles. The van der Waals surface area contributed by atoms with Crippen molar-refractivity contribution in [1.82, 2.24) is 4.98 Å². The molecule has 76 valence electrons. The predicted molar refractivity (Wildman–Crippen MR) is 56.5 cm³/mol. The van der Waals surface area contributed by atoms with Crippen molar-refractivity contribution in [3.8, 4) is 5.75 Å². The van der Waals surface area contributed by atoms with Gasteiger partial charge in [0.15, 0.2) is 0 Å². The molecule has 1 heterocycles. The van der Waals surface area contributed by atoms with Crippen LogP contribution in [0.25, 0.3) is 0 Å². The van der Waals surface area contributed by atoms with Crippen molar-refractivity contribution < 1.29 is 4.74 Å². The highest BCUT2D eigenvalue weighted by atomic mass is 16.5. The highest BCUT2D eigenvalue weighted by molar-refractivity contribution is 5.25. The maximum absolute atomic E-state index is 5.08. The molecule has 1 aromatic heterocycles. The van der Waals surface area contributed by atoms with Crippen LogP contribution in [0.15, 0.2) is 18.3 Å². The first kappa shape index (κ1) is 9.50. The molecule has 0 N–H and O–H groups in total. The van der Waals surface area contributed by atoms with Crippen molar-refractivity contribution in [2.45, 2.75) is 26.2 Å². The predicted octanol–water partition coefficient (Wildman–Crippen LogP) is 2.85. The molecule has 0 spiro atoms. The van der Waals surface area contributed by atoms with Gasteiger partial charge in [-0.25, -0.2) is 0 Å². The SMILES string of the molecule is COc1ccc(C2CC2C(C)C)nc1. The Hall–Kier alpha value is -1.05. The summed E-state index contributed by atoms with van der Waals surface area (Å²) >= 11 is 0. The van der Waals surface area contributed by atoms with Crippen LogP contribution in [0.3, 0.4) is 0 Å². The monoisotopic (exact) mass is 191 g/mol. The third-order valence-corrected chi connectivity index (χ3v) is 3.07. The molecule has 0 aromatic carbocycles. The van der Waals surface area contributed by atoms with E-state index in [-0.39, 0.29) is 0 Å². The molecule has 0 aliphatic heterocycles. The van der Waals surface area contributed by atoms with E-state index in [0.717, 1.165) is 17.6 Å². The topological polar surface area (TPSA) is 22.1 Å². The Morgan fingerprint density at radius 1 is 1.43 bits per heavy atom. The van der Waals surface area contributed by atoms with Gasteiger partial charge in [-0.1, -0.05) is 13.8 Å². The first-order valence-corrected chi connectivity index (χ1v) is 5.22. The normalized spacial score (nSPS) is 25.1. The largest absolute Gasteiger partial charge is 0.495 e. The molecule has 0 saturated heterocycles. The molecule has 2 unspecified atom stereocenters. The van der Waals surface area contributed by atoms with Crippen LogP contribution in [0.1, 0.15) is 31.9 Å². The molecule has 0 bridgehead atoms. The average molecular weight is 191 g/mol. The second-order valence-electron chi connectivity index (χ2n) is 4.37. The zero-order valence-corrected chi connectivity index (χ0v) is 9.03. The number of aromatic nitrogens is 1. The van der Waals surface area contributed by atoms with E-state index in [9.17, 15) is 0 Å². The number of methoxy groups -OCH3 is 1. The minimum atomic E-state index is 0.695. The summed E-state index contributed by atoms with van der Waals surface area (Å²) in [5.41, 5.74) is 1.23. The lowest BCUT2D eigenvalue weighted by molar-refractivity contribution is 0.412. The van der Waals surface area contributed by atoms with Gasteiger partial charge in [0.1, 0.15) is 5.75 Å². The molecule has 0 amide bonds. The molecule has 1 fully saturated rings. The smallest absolute Gasteiger partial charge is 0.137 e. The van der Waals surface area contributed by atoms with Crippen LogP contribution in [0.4, 0.5) is 0 Å². The van der Waals surface area contributed by atoms with E-state index in [1.165, 1.54) is 12.1 Å². The van der Waals surface area contributed by atoms with E-state index >= 15 is 0 Å². The summed E-state index contributed by atoms with van der Waals surface area (Å²) in [5, 5.41) is 0. The van der Waals surface area contributed by atoms with Gasteiger partial charge in [-0.2, -0.15) is 0 Å². The number of nitrogens with zero attached hydrogens (tertiary/aromatic N) is 1. The van der Waals surface area contributed by atoms with Crippen LogP contribution < -0.4 is 4.74 Å². The first-order chi connectivity index (χ1) is 6.72. The van der Waals surface area contributed by atoms with E-state index in [1.807, 2.05) is 12.3 Å². The second kappa shape index (κ2) is 3.60. The third kappa shape index (κ3) is 1.74. The molecule has 1 aromatic rings. The summed E-state index contributed by atoms with van der Waals surface area (Å²) < 4.78 is 5.08. The lowest BCUT2D eigenvalue weighted by Crippen LogP contribution is -1.94. The number of pyridine rings is 1. The van der Waals surface area contributed by atoms with Gasteiger partial charge in [-0.05, 0) is 30.4 Å². The fourth-order valence-electron chi connectivity index (χ4n) is 2.02. The Labute approximate surface area is 85.3 Å². The van der Waals surface area contributed by atoms with Crippen molar-refractivity contribution >= 4 is 0 Å². The summed E-state index contributed by atoms with van der Waals surface area (Å²) in [5.74, 6) is 3.16. The molecule has 2 nitrogen and oxygen atoms in total. The van der Waals surface area contributed by atoms with Gasteiger partial charge in [0.25, 0.3) is 0 Å². The Balaban J connectivity index is 2.05. The first-order valence-electron chi connectivity index (χ1n) is 5.22. The Bertz CT molecular complexity index is 305. The second-order valence-corrected chi connectivity index (χ2v) is 4.37. The summed E-state index contributed by atoms with van der Waals surface area (Å²) in [6.07, 6.45) is 3.11. The van der Waals surface area contributed by atoms with Crippen molar-refractivity contribution in [3.63, 3.8) is 0 Å². The number of ether oxygens (including phenoxy) is 1. The van der Waals surface area contributed by atoms with Crippen molar-refractivity contribution in [2.75, 3.05) is 7.11 Å². The van der Waals surface area contributed by atoms with Crippen LogP contribution in [0.2, 0.25) is 0 Å². The highest BCUT2D eigenvalue weighted by Gasteiger charge is 2.41. The molecule has 14 heavy (non-hydrogen) atoms. The summed E-state index contributed by atoms with van der Waals surface area (Å²) in [6, 6.07) is 4.09. The molecule has 2 rings (SSSR count). The maximum Gasteiger partial charge on any atom is 0.137 e. The molecular weight excluding hydrogens is 174 g/mol. The van der Waals surface area contributed by atoms with Gasteiger partial charge in [0, 0.05) is 11.6 Å². The zero-order valence-electron chi connectivity index (χ0n) is 9.03. The van der Waals surface area contributed by atoms with E-state index in [2.05, 4.69) is 24.9 Å². The standard InChI is InChI=1S/C12H17NO/c1-8(2)10-6-11(10)12-5-4-9(14-3)7-13-12/h4-5,7-8,10-11H,6H2,1-3H3. The van der Waals surface area contributed by atoms with E-state index in [4.69, 9.17) is 4.74 Å². The third-order valence-electron chi connectivity index (χ3n) is 3.07. The van der Waals surface area contributed by atoms with E-state index in [1.54, 1.807) is 7.11 Å². The lowest BCUT2D eigenvalue weighted by Gasteiger charge is -2.04. The fourth-order valence-corrected chi connectivity index (χ4v) is 2.02. The number of rotatable bonds is 3. The summed E-state index contributed by atoms with van der Waals surface area (Å²) in [6.45, 7) is 4.57. The van der Waals surface area contributed by atoms with Crippen LogP contribution in [-0.4, -0.2) is 12.1 Å². The van der Waals surface area contributed by atoms with E-state index < -0.39 is 0 Å². The highest BCUT2D eigenvalue weighted by Crippen LogP contribution is 2.51. The Kier molecular flexibility index (Phi) is 2.44. The van der Waals surface area contributed by atoms with Crippen molar-refractivity contribution in [2.24, 2.45) is 11.8 Å². The molecule has 2 atom stereocenters. The summed E-state index contributed by atoms with van der Waals surface area (Å²) in [4.78, 5) is 4.42. The quantitative estimate of drug-likeness (QED) is 0.733. The van der Waals surface area contributed by atoms with Gasteiger partial charge >= 0.3 is 0 Å². The Morgan fingerprint density at radius 3 is 2.64 bits per heavy atom. The minimum Gasteiger partial charge on any atom is -0.495 e. The molecule has 2 heteroatoms. The van der Waals surface area contributed by atoms with Gasteiger partial charge in [-0.3, -0.25) is 4.98 Å². The number of hydrogen-bond donors (Lipinski definition) is 0. The fraction of sp³-hybridized carbons (Fsp3) is 0.583. The maximum atomic E-state index is 5.08. The summed E-state index contributed by atoms with van der Waals surface area (Å²) in [7, 11) is 1.67. The molecule has 1 aliphatic rings. The van der Waals surface area contributed by atoms with E-state index in [0.29, 0.717) is 5.92 Å². The zero-order chi connectivity index (χ0) is 10.1. The van der Waals surface area contributed by atoms with Gasteiger partial charge in [0.2, 0.25) is 0 Å². The Morgan fingerprint density at radius 2 is 2.21 bits per heavy atom. The lowest BCUT2D eigenvalue weighted by atomic mass is 10.1. The van der Waals surface area contributed by atoms with Gasteiger partial charge in [0.05, 0.1) is 13.3 Å². The van der Waals surface area contributed by atoms with Crippen LogP contribution in [0, 0.1) is 11.8 Å². The van der Waals surface area contributed by atoms with Crippen LogP contribution >= 0.6 is 0 Å². The van der Waals surface area contributed by atoms with Crippen LogP contribution in [0.5, 0.6) is 5.75 Å². The average Bonchev–Trinajstić information content (AvgIpc) is 2.97. The van der Waals surface area contributed by atoms with Crippen molar-refractivity contribution in [3.05, 3.63) is 24.0 Å². The molecular formula is C12H17NO. The minimum absolute atomic E-state index is 0.695. The van der Waals surface area contributed by atoms with Gasteiger partial charge in [-0.15, -0.1) is 0 Å². The number of hydrogen-bond acceptors (Lipinski definition) is 2.